The first-order chi connectivity index (χ1) is 6.59. The van der Waals surface area contributed by atoms with E-state index in [1.807, 2.05) is 0 Å². The maximum absolute atomic E-state index is 9.08. The Labute approximate surface area is 86.0 Å². The molecule has 0 aromatic heterocycles. The Morgan fingerprint density at radius 2 is 2.07 bits per heavy atom. The van der Waals surface area contributed by atoms with E-state index in [9.17, 15) is 0 Å². The predicted molar refractivity (Wildman–Crippen MR) is 59.3 cm³/mol. The summed E-state index contributed by atoms with van der Waals surface area (Å²) >= 11 is 0. The molecule has 0 aliphatic heterocycles. The summed E-state index contributed by atoms with van der Waals surface area (Å²) in [5, 5.41) is 12.3. The zero-order chi connectivity index (χ0) is 10.6. The molecule has 1 aromatic rings. The maximum atomic E-state index is 9.08. The van der Waals surface area contributed by atoms with E-state index in [1.54, 1.807) is 6.92 Å². The van der Waals surface area contributed by atoms with Crippen LogP contribution in [0, 0.1) is 13.8 Å². The molecule has 0 fully saturated rings. The van der Waals surface area contributed by atoms with Crippen molar-refractivity contribution in [1.29, 1.82) is 0 Å². The number of aliphatic hydroxyl groups excluding tert-OH is 1. The number of hydrogen-bond donors (Lipinski definition) is 2. The maximum Gasteiger partial charge on any atom is 0.0636 e. The van der Waals surface area contributed by atoms with Crippen LogP contribution in [-0.4, -0.2) is 17.8 Å². The molecule has 1 atom stereocenters. The highest BCUT2D eigenvalue weighted by atomic mass is 16.3. The van der Waals surface area contributed by atoms with Crippen molar-refractivity contribution in [2.75, 3.05) is 6.54 Å². The fourth-order valence-corrected chi connectivity index (χ4v) is 1.46. The minimum Gasteiger partial charge on any atom is -0.392 e. The Morgan fingerprint density at radius 3 is 2.64 bits per heavy atom. The van der Waals surface area contributed by atoms with Crippen LogP contribution in [0.4, 0.5) is 0 Å². The van der Waals surface area contributed by atoms with Gasteiger partial charge in [0, 0.05) is 13.1 Å². The summed E-state index contributed by atoms with van der Waals surface area (Å²) in [5.41, 5.74) is 3.90. The van der Waals surface area contributed by atoms with Crippen molar-refractivity contribution < 1.29 is 5.11 Å². The van der Waals surface area contributed by atoms with E-state index in [0.717, 1.165) is 6.54 Å². The summed E-state index contributed by atoms with van der Waals surface area (Å²) in [6, 6.07) is 6.44. The van der Waals surface area contributed by atoms with Gasteiger partial charge in [-0.2, -0.15) is 0 Å². The van der Waals surface area contributed by atoms with E-state index < -0.39 is 0 Å². The second-order valence-electron chi connectivity index (χ2n) is 3.91. The standard InChI is InChI=1S/C12H19NO/c1-9-4-5-12(10(2)6-9)8-13-7-11(3)14/h4-6,11,13-14H,7-8H2,1-3H3/t11-/m0/s1. The fourth-order valence-electron chi connectivity index (χ4n) is 1.46. The number of aryl methyl sites for hydroxylation is 2. The molecule has 2 nitrogen and oxygen atoms in total. The molecule has 0 saturated heterocycles. The number of benzene rings is 1. The molecule has 1 aromatic carbocycles. The second kappa shape index (κ2) is 5.13. The molecule has 0 radical (unpaired) electrons. The summed E-state index contributed by atoms with van der Waals surface area (Å²) in [6.45, 7) is 7.48. The first kappa shape index (κ1) is 11.2. The van der Waals surface area contributed by atoms with Crippen LogP contribution in [0.15, 0.2) is 18.2 Å². The zero-order valence-corrected chi connectivity index (χ0v) is 9.17. The van der Waals surface area contributed by atoms with Gasteiger partial charge in [0.1, 0.15) is 0 Å². The summed E-state index contributed by atoms with van der Waals surface area (Å²) in [6.07, 6.45) is -0.277. The molecule has 0 spiro atoms. The van der Waals surface area contributed by atoms with E-state index in [0.29, 0.717) is 6.54 Å². The molecule has 0 aliphatic carbocycles. The van der Waals surface area contributed by atoms with Crippen LogP contribution >= 0.6 is 0 Å². The predicted octanol–water partition coefficient (Wildman–Crippen LogP) is 1.77. The van der Waals surface area contributed by atoms with Crippen LogP contribution in [0.25, 0.3) is 0 Å². The summed E-state index contributed by atoms with van der Waals surface area (Å²) in [5.74, 6) is 0. The van der Waals surface area contributed by atoms with Gasteiger partial charge >= 0.3 is 0 Å². The lowest BCUT2D eigenvalue weighted by Crippen LogP contribution is -2.24. The second-order valence-corrected chi connectivity index (χ2v) is 3.91. The minimum absolute atomic E-state index is 0.277. The Hall–Kier alpha value is -0.860. The third-order valence-electron chi connectivity index (χ3n) is 2.25. The third kappa shape index (κ3) is 3.48. The van der Waals surface area contributed by atoms with Gasteiger partial charge in [-0.15, -0.1) is 0 Å². The van der Waals surface area contributed by atoms with Crippen LogP contribution in [0.3, 0.4) is 0 Å². The van der Waals surface area contributed by atoms with Gasteiger partial charge in [-0.3, -0.25) is 0 Å². The Kier molecular flexibility index (Phi) is 4.11. The van der Waals surface area contributed by atoms with Crippen LogP contribution < -0.4 is 5.32 Å². The van der Waals surface area contributed by atoms with E-state index in [1.165, 1.54) is 16.7 Å². The molecular weight excluding hydrogens is 174 g/mol. The quantitative estimate of drug-likeness (QED) is 0.764. The van der Waals surface area contributed by atoms with E-state index in [4.69, 9.17) is 5.11 Å². The number of rotatable bonds is 4. The van der Waals surface area contributed by atoms with Crippen LogP contribution in [0.1, 0.15) is 23.6 Å². The smallest absolute Gasteiger partial charge is 0.0636 e. The summed E-state index contributed by atoms with van der Waals surface area (Å²) < 4.78 is 0. The van der Waals surface area contributed by atoms with Crippen molar-refractivity contribution in [2.24, 2.45) is 0 Å². The number of nitrogens with one attached hydrogen (secondary N) is 1. The average molecular weight is 193 g/mol. The highest BCUT2D eigenvalue weighted by Gasteiger charge is 1.99. The molecule has 0 aliphatic rings. The van der Waals surface area contributed by atoms with Crippen molar-refractivity contribution >= 4 is 0 Å². The summed E-state index contributed by atoms with van der Waals surface area (Å²) in [7, 11) is 0. The van der Waals surface area contributed by atoms with Crippen molar-refractivity contribution in [3.05, 3.63) is 34.9 Å². The molecule has 0 heterocycles. The molecule has 1 rings (SSSR count). The van der Waals surface area contributed by atoms with E-state index >= 15 is 0 Å². The lowest BCUT2D eigenvalue weighted by atomic mass is 10.1. The van der Waals surface area contributed by atoms with Crippen LogP contribution in [0.2, 0.25) is 0 Å². The highest BCUT2D eigenvalue weighted by molar-refractivity contribution is 5.30. The van der Waals surface area contributed by atoms with Crippen LogP contribution in [0.5, 0.6) is 0 Å². The van der Waals surface area contributed by atoms with Gasteiger partial charge in [0.05, 0.1) is 6.10 Å². The Balaban J connectivity index is 2.51. The van der Waals surface area contributed by atoms with Gasteiger partial charge in [-0.25, -0.2) is 0 Å². The van der Waals surface area contributed by atoms with Crippen molar-refractivity contribution in [1.82, 2.24) is 5.32 Å². The largest absolute Gasteiger partial charge is 0.392 e. The molecular formula is C12H19NO. The van der Waals surface area contributed by atoms with Gasteiger partial charge in [-0.1, -0.05) is 23.8 Å². The molecule has 0 amide bonds. The SMILES string of the molecule is Cc1ccc(CNC[C@H](C)O)c(C)c1. The molecule has 0 saturated carbocycles. The van der Waals surface area contributed by atoms with Gasteiger partial charge in [0.15, 0.2) is 0 Å². The lowest BCUT2D eigenvalue weighted by molar-refractivity contribution is 0.191. The van der Waals surface area contributed by atoms with Crippen molar-refractivity contribution in [3.8, 4) is 0 Å². The monoisotopic (exact) mass is 193 g/mol. The van der Waals surface area contributed by atoms with Gasteiger partial charge in [0.25, 0.3) is 0 Å². The lowest BCUT2D eigenvalue weighted by Gasteiger charge is -2.09. The molecule has 2 N–H and O–H groups in total. The molecule has 0 unspecified atom stereocenters. The highest BCUT2D eigenvalue weighted by Crippen LogP contribution is 2.09. The normalized spacial score (nSPS) is 12.9. The zero-order valence-electron chi connectivity index (χ0n) is 9.17. The first-order valence-corrected chi connectivity index (χ1v) is 5.04. The van der Waals surface area contributed by atoms with Gasteiger partial charge in [0.2, 0.25) is 0 Å². The average Bonchev–Trinajstić information content (AvgIpc) is 2.08. The topological polar surface area (TPSA) is 32.3 Å². The van der Waals surface area contributed by atoms with Crippen LogP contribution in [-0.2, 0) is 6.54 Å². The van der Waals surface area contributed by atoms with E-state index in [-0.39, 0.29) is 6.10 Å². The van der Waals surface area contributed by atoms with E-state index in [2.05, 4.69) is 37.4 Å². The molecule has 14 heavy (non-hydrogen) atoms. The van der Waals surface area contributed by atoms with Gasteiger partial charge < -0.3 is 10.4 Å². The number of hydrogen-bond acceptors (Lipinski definition) is 2. The summed E-state index contributed by atoms with van der Waals surface area (Å²) in [4.78, 5) is 0. The molecule has 78 valence electrons. The fraction of sp³-hybridized carbons (Fsp3) is 0.500. The molecule has 2 heteroatoms. The first-order valence-electron chi connectivity index (χ1n) is 5.04. The third-order valence-corrected chi connectivity index (χ3v) is 2.25. The van der Waals surface area contributed by atoms with Crippen molar-refractivity contribution in [3.63, 3.8) is 0 Å². The number of aliphatic hydroxyl groups is 1. The van der Waals surface area contributed by atoms with Crippen molar-refractivity contribution in [2.45, 2.75) is 33.4 Å². The minimum atomic E-state index is -0.277. The molecule has 0 bridgehead atoms. The van der Waals surface area contributed by atoms with Gasteiger partial charge in [-0.05, 0) is 31.9 Å². The Morgan fingerprint density at radius 1 is 1.36 bits per heavy atom. The Bertz CT molecular complexity index is 294.